The third-order valence-corrected chi connectivity index (χ3v) is 4.48. The van der Waals surface area contributed by atoms with E-state index in [2.05, 4.69) is 22.2 Å². The maximum absolute atomic E-state index is 5.86. The van der Waals surface area contributed by atoms with Gasteiger partial charge in [-0.2, -0.15) is 0 Å². The zero-order valence-corrected chi connectivity index (χ0v) is 10.9. The molecule has 0 amide bonds. The molecular formula is C13H25N3O. The van der Waals surface area contributed by atoms with Crippen molar-refractivity contribution in [2.45, 2.75) is 25.0 Å². The Balaban J connectivity index is 1.49. The lowest BCUT2D eigenvalue weighted by Gasteiger charge is -2.32. The van der Waals surface area contributed by atoms with E-state index in [1.54, 1.807) is 0 Å². The molecule has 4 nitrogen and oxygen atoms in total. The fraction of sp³-hybridized carbons (Fsp3) is 1.00. The van der Waals surface area contributed by atoms with E-state index in [4.69, 9.17) is 4.74 Å². The number of hydrogen-bond donors (Lipinski definition) is 1. The first-order chi connectivity index (χ1) is 8.31. The molecule has 3 aliphatic heterocycles. The highest BCUT2D eigenvalue weighted by atomic mass is 16.5. The summed E-state index contributed by atoms with van der Waals surface area (Å²) in [7, 11) is 2.20. The number of nitrogens with one attached hydrogen (secondary N) is 1. The molecule has 4 heteroatoms. The van der Waals surface area contributed by atoms with Gasteiger partial charge in [0, 0.05) is 38.8 Å². The molecule has 0 radical (unpaired) electrons. The van der Waals surface area contributed by atoms with Gasteiger partial charge in [-0.3, -0.25) is 4.90 Å². The van der Waals surface area contributed by atoms with Gasteiger partial charge >= 0.3 is 0 Å². The van der Waals surface area contributed by atoms with Crippen LogP contribution in [-0.4, -0.2) is 74.9 Å². The number of likely N-dealkylation sites (tertiary alicyclic amines) is 1. The van der Waals surface area contributed by atoms with Crippen LogP contribution in [0.2, 0.25) is 0 Å². The van der Waals surface area contributed by atoms with Gasteiger partial charge in [0.1, 0.15) is 0 Å². The average molecular weight is 239 g/mol. The lowest BCUT2D eigenvalue weighted by Crippen LogP contribution is -2.46. The van der Waals surface area contributed by atoms with Crippen molar-refractivity contribution in [2.24, 2.45) is 5.92 Å². The molecule has 3 heterocycles. The van der Waals surface area contributed by atoms with E-state index in [0.29, 0.717) is 6.10 Å². The molecule has 0 aromatic rings. The highest BCUT2D eigenvalue weighted by Gasteiger charge is 2.35. The number of ether oxygens (including phenoxy) is 1. The third kappa shape index (κ3) is 2.81. The minimum absolute atomic E-state index is 0.425. The Morgan fingerprint density at radius 3 is 3.06 bits per heavy atom. The molecule has 0 aromatic heterocycles. The van der Waals surface area contributed by atoms with Crippen molar-refractivity contribution in [1.29, 1.82) is 0 Å². The summed E-state index contributed by atoms with van der Waals surface area (Å²) >= 11 is 0. The summed E-state index contributed by atoms with van der Waals surface area (Å²) in [6, 6.07) is 0.755. The molecular weight excluding hydrogens is 214 g/mol. The van der Waals surface area contributed by atoms with Crippen LogP contribution in [0.15, 0.2) is 0 Å². The number of fused-ring (bicyclic) bond motifs is 1. The summed E-state index contributed by atoms with van der Waals surface area (Å²) < 4.78 is 5.86. The summed E-state index contributed by atoms with van der Waals surface area (Å²) in [6.45, 7) is 7.94. The van der Waals surface area contributed by atoms with E-state index in [0.717, 1.165) is 38.2 Å². The molecule has 1 unspecified atom stereocenters. The van der Waals surface area contributed by atoms with Crippen LogP contribution in [0, 0.1) is 5.92 Å². The topological polar surface area (TPSA) is 27.7 Å². The molecule has 0 saturated carbocycles. The first kappa shape index (κ1) is 11.9. The average Bonchev–Trinajstić information content (AvgIpc) is 2.71. The summed E-state index contributed by atoms with van der Waals surface area (Å²) in [6.07, 6.45) is 3.20. The second-order valence-electron chi connectivity index (χ2n) is 5.94. The van der Waals surface area contributed by atoms with Gasteiger partial charge in [0.25, 0.3) is 0 Å². The third-order valence-electron chi connectivity index (χ3n) is 4.48. The van der Waals surface area contributed by atoms with Gasteiger partial charge in [-0.25, -0.2) is 0 Å². The second-order valence-corrected chi connectivity index (χ2v) is 5.94. The summed E-state index contributed by atoms with van der Waals surface area (Å²) in [5.41, 5.74) is 0. The quantitative estimate of drug-likeness (QED) is 0.734. The number of rotatable bonds is 2. The second kappa shape index (κ2) is 5.22. The van der Waals surface area contributed by atoms with Gasteiger partial charge in [0.2, 0.25) is 0 Å². The fourth-order valence-electron chi connectivity index (χ4n) is 3.55. The Bertz CT molecular complexity index is 247. The highest BCUT2D eigenvalue weighted by molar-refractivity contribution is 4.92. The van der Waals surface area contributed by atoms with Crippen LogP contribution in [0.4, 0.5) is 0 Å². The van der Waals surface area contributed by atoms with E-state index in [-0.39, 0.29) is 0 Å². The zero-order chi connectivity index (χ0) is 11.7. The normalized spacial score (nSPS) is 40.4. The molecule has 0 aliphatic carbocycles. The van der Waals surface area contributed by atoms with E-state index < -0.39 is 0 Å². The van der Waals surface area contributed by atoms with Gasteiger partial charge in [-0.05, 0) is 32.4 Å². The van der Waals surface area contributed by atoms with Crippen molar-refractivity contribution in [3.05, 3.63) is 0 Å². The van der Waals surface area contributed by atoms with Crippen LogP contribution in [-0.2, 0) is 4.74 Å². The maximum Gasteiger partial charge on any atom is 0.0829 e. The van der Waals surface area contributed by atoms with Gasteiger partial charge in [0.15, 0.2) is 0 Å². The number of nitrogens with zero attached hydrogens (tertiary/aromatic N) is 2. The van der Waals surface area contributed by atoms with Crippen LogP contribution in [0.25, 0.3) is 0 Å². The lowest BCUT2D eigenvalue weighted by molar-refractivity contribution is -0.0332. The van der Waals surface area contributed by atoms with Crippen LogP contribution in [0.3, 0.4) is 0 Å². The Morgan fingerprint density at radius 2 is 2.24 bits per heavy atom. The molecule has 3 aliphatic rings. The summed E-state index contributed by atoms with van der Waals surface area (Å²) in [5.74, 6) is 0.894. The summed E-state index contributed by atoms with van der Waals surface area (Å²) in [5, 5.41) is 3.66. The van der Waals surface area contributed by atoms with Crippen molar-refractivity contribution in [2.75, 3.05) is 52.9 Å². The summed E-state index contributed by atoms with van der Waals surface area (Å²) in [4.78, 5) is 4.99. The lowest BCUT2D eigenvalue weighted by atomic mass is 9.94. The van der Waals surface area contributed by atoms with Crippen LogP contribution in [0.5, 0.6) is 0 Å². The molecule has 3 atom stereocenters. The molecule has 3 rings (SSSR count). The van der Waals surface area contributed by atoms with Gasteiger partial charge in [-0.1, -0.05) is 0 Å². The Labute approximate surface area is 104 Å². The van der Waals surface area contributed by atoms with Crippen LogP contribution < -0.4 is 5.32 Å². The van der Waals surface area contributed by atoms with Crippen molar-refractivity contribution in [3.8, 4) is 0 Å². The maximum atomic E-state index is 5.86. The molecule has 3 saturated heterocycles. The van der Waals surface area contributed by atoms with E-state index in [1.807, 2.05) is 0 Å². The van der Waals surface area contributed by atoms with Crippen molar-refractivity contribution in [3.63, 3.8) is 0 Å². The van der Waals surface area contributed by atoms with Gasteiger partial charge in [0.05, 0.1) is 12.7 Å². The van der Waals surface area contributed by atoms with Crippen molar-refractivity contribution in [1.82, 2.24) is 15.1 Å². The largest absolute Gasteiger partial charge is 0.374 e. The molecule has 0 spiro atoms. The Hall–Kier alpha value is -0.160. The minimum atomic E-state index is 0.425. The van der Waals surface area contributed by atoms with E-state index in [1.165, 1.54) is 32.5 Å². The van der Waals surface area contributed by atoms with Crippen molar-refractivity contribution < 1.29 is 4.74 Å². The minimum Gasteiger partial charge on any atom is -0.374 e. The number of hydrogen-bond acceptors (Lipinski definition) is 4. The predicted octanol–water partition coefficient (Wildman–Crippen LogP) is 0.000800. The first-order valence-electron chi connectivity index (χ1n) is 7.07. The molecule has 98 valence electrons. The van der Waals surface area contributed by atoms with E-state index in [9.17, 15) is 0 Å². The number of piperidine rings is 1. The van der Waals surface area contributed by atoms with Gasteiger partial charge < -0.3 is 15.0 Å². The van der Waals surface area contributed by atoms with Crippen LogP contribution >= 0.6 is 0 Å². The SMILES string of the molecule is CN1CCOC(CN2C[C@@H]3CCCN[C@@H]3C2)C1. The fourth-order valence-corrected chi connectivity index (χ4v) is 3.55. The first-order valence-corrected chi connectivity index (χ1v) is 7.07. The number of likely N-dealkylation sites (N-methyl/N-ethyl adjacent to an activating group) is 1. The highest BCUT2D eigenvalue weighted by Crippen LogP contribution is 2.25. The van der Waals surface area contributed by atoms with Gasteiger partial charge in [-0.15, -0.1) is 0 Å². The molecule has 0 aromatic carbocycles. The molecule has 17 heavy (non-hydrogen) atoms. The predicted molar refractivity (Wildman–Crippen MR) is 68.2 cm³/mol. The van der Waals surface area contributed by atoms with E-state index >= 15 is 0 Å². The smallest absolute Gasteiger partial charge is 0.0829 e. The molecule has 0 bridgehead atoms. The number of morpholine rings is 1. The Morgan fingerprint density at radius 1 is 1.29 bits per heavy atom. The zero-order valence-electron chi connectivity index (χ0n) is 10.9. The van der Waals surface area contributed by atoms with Crippen molar-refractivity contribution >= 4 is 0 Å². The standard InChI is InChI=1S/C13H25N3O/c1-15-5-6-17-12(8-15)9-16-7-11-3-2-4-14-13(11)10-16/h11-14H,2-10H2,1H3/t11-,12?,13+/m0/s1. The monoisotopic (exact) mass is 239 g/mol. The van der Waals surface area contributed by atoms with Crippen LogP contribution in [0.1, 0.15) is 12.8 Å². The molecule has 1 N–H and O–H groups in total. The Kier molecular flexibility index (Phi) is 3.66. The molecule has 3 fully saturated rings.